The van der Waals surface area contributed by atoms with Crippen LogP contribution in [0.15, 0.2) is 53.1 Å². The van der Waals surface area contributed by atoms with Gasteiger partial charge in [-0.05, 0) is 30.3 Å². The Morgan fingerprint density at radius 1 is 1.14 bits per heavy atom. The van der Waals surface area contributed by atoms with Gasteiger partial charge < -0.3 is 9.26 Å². The third-order valence-corrected chi connectivity index (χ3v) is 3.08. The number of methoxy groups -OCH3 is 1. The lowest BCUT2D eigenvalue weighted by Gasteiger charge is -1.99. The predicted molar refractivity (Wildman–Crippen MR) is 78.4 cm³/mol. The molecule has 3 rings (SSSR count). The first-order valence-corrected chi connectivity index (χ1v) is 6.40. The van der Waals surface area contributed by atoms with Crippen LogP contribution >= 0.6 is 0 Å². The summed E-state index contributed by atoms with van der Waals surface area (Å²) in [7, 11) is 1.59. The average molecular weight is 297 g/mol. The van der Waals surface area contributed by atoms with Crippen molar-refractivity contribution in [1.82, 2.24) is 10.1 Å². The van der Waals surface area contributed by atoms with E-state index in [1.165, 1.54) is 12.1 Å². The highest BCUT2D eigenvalue weighted by atomic mass is 16.6. The van der Waals surface area contributed by atoms with Gasteiger partial charge in [-0.25, -0.2) is 0 Å². The van der Waals surface area contributed by atoms with Crippen molar-refractivity contribution >= 4 is 5.69 Å². The van der Waals surface area contributed by atoms with Gasteiger partial charge in [0.05, 0.1) is 12.0 Å². The monoisotopic (exact) mass is 297 g/mol. The Labute approximate surface area is 125 Å². The summed E-state index contributed by atoms with van der Waals surface area (Å²) in [6.45, 7) is 0. The summed E-state index contributed by atoms with van der Waals surface area (Å²) < 4.78 is 10.3. The fraction of sp³-hybridized carbons (Fsp3) is 0.0667. The van der Waals surface area contributed by atoms with E-state index in [-0.39, 0.29) is 11.6 Å². The van der Waals surface area contributed by atoms with Crippen molar-refractivity contribution in [3.05, 3.63) is 58.6 Å². The Kier molecular flexibility index (Phi) is 3.53. The van der Waals surface area contributed by atoms with E-state index in [2.05, 4.69) is 10.1 Å². The number of rotatable bonds is 4. The van der Waals surface area contributed by atoms with Crippen LogP contribution in [0.4, 0.5) is 5.69 Å². The molecule has 0 bridgehead atoms. The number of hydrogen-bond donors (Lipinski definition) is 0. The van der Waals surface area contributed by atoms with E-state index in [4.69, 9.17) is 9.26 Å². The Hall–Kier alpha value is -3.22. The molecule has 22 heavy (non-hydrogen) atoms. The van der Waals surface area contributed by atoms with Crippen molar-refractivity contribution in [1.29, 1.82) is 0 Å². The number of ether oxygens (including phenoxy) is 1. The van der Waals surface area contributed by atoms with Gasteiger partial charge in [0.2, 0.25) is 5.82 Å². The van der Waals surface area contributed by atoms with Crippen molar-refractivity contribution in [2.45, 2.75) is 0 Å². The van der Waals surface area contributed by atoms with Gasteiger partial charge in [-0.1, -0.05) is 11.2 Å². The number of nitro groups is 1. The number of non-ortho nitro benzene ring substituents is 1. The summed E-state index contributed by atoms with van der Waals surface area (Å²) in [5, 5.41) is 14.7. The second kappa shape index (κ2) is 5.65. The van der Waals surface area contributed by atoms with Crippen LogP contribution < -0.4 is 4.74 Å². The largest absolute Gasteiger partial charge is 0.497 e. The van der Waals surface area contributed by atoms with Crippen LogP contribution in [0.1, 0.15) is 0 Å². The number of benzene rings is 2. The number of nitrogens with zero attached hydrogens (tertiary/aromatic N) is 3. The van der Waals surface area contributed by atoms with E-state index in [1.807, 2.05) is 0 Å². The minimum atomic E-state index is -0.468. The number of nitro benzene ring substituents is 1. The van der Waals surface area contributed by atoms with Crippen molar-refractivity contribution in [2.24, 2.45) is 0 Å². The van der Waals surface area contributed by atoms with Gasteiger partial charge in [0.1, 0.15) is 5.75 Å². The molecule has 3 aromatic rings. The zero-order valence-corrected chi connectivity index (χ0v) is 11.6. The molecule has 1 heterocycles. The van der Waals surface area contributed by atoms with E-state index < -0.39 is 4.92 Å². The number of aromatic nitrogens is 2. The van der Waals surface area contributed by atoms with Crippen molar-refractivity contribution in [3.8, 4) is 28.6 Å². The second-order valence-corrected chi connectivity index (χ2v) is 4.46. The number of hydrogen-bond acceptors (Lipinski definition) is 6. The van der Waals surface area contributed by atoms with E-state index >= 15 is 0 Å². The van der Waals surface area contributed by atoms with Crippen LogP contribution in [-0.2, 0) is 0 Å². The fourth-order valence-corrected chi connectivity index (χ4v) is 1.95. The Balaban J connectivity index is 1.93. The van der Waals surface area contributed by atoms with E-state index in [0.29, 0.717) is 11.4 Å². The molecule has 1 aromatic heterocycles. The van der Waals surface area contributed by atoms with Crippen LogP contribution in [0.3, 0.4) is 0 Å². The molecule has 0 unspecified atom stereocenters. The van der Waals surface area contributed by atoms with Gasteiger partial charge in [0.25, 0.3) is 11.6 Å². The van der Waals surface area contributed by atoms with Crippen LogP contribution in [0, 0.1) is 10.1 Å². The lowest BCUT2D eigenvalue weighted by atomic mass is 10.2. The molecule has 0 aliphatic carbocycles. The predicted octanol–water partition coefficient (Wildman–Crippen LogP) is 3.32. The second-order valence-electron chi connectivity index (χ2n) is 4.46. The Morgan fingerprint density at radius 3 is 2.59 bits per heavy atom. The zero-order chi connectivity index (χ0) is 15.5. The first-order chi connectivity index (χ1) is 10.7. The summed E-state index contributed by atoms with van der Waals surface area (Å²) in [6, 6.07) is 13.2. The topological polar surface area (TPSA) is 91.3 Å². The van der Waals surface area contributed by atoms with Crippen LogP contribution in [0.25, 0.3) is 22.8 Å². The SMILES string of the molecule is COc1ccc(-c2noc(-c3cccc([N+](=O)[O-])c3)n2)cc1. The standard InChI is InChI=1S/C15H11N3O4/c1-21-13-7-5-10(6-8-13)14-16-15(22-17-14)11-3-2-4-12(9-11)18(19)20/h2-9H,1H3. The molecule has 7 heteroatoms. The first-order valence-electron chi connectivity index (χ1n) is 6.40. The summed E-state index contributed by atoms with van der Waals surface area (Å²) in [6.07, 6.45) is 0. The third kappa shape index (κ3) is 2.64. The lowest BCUT2D eigenvalue weighted by Crippen LogP contribution is -1.88. The highest BCUT2D eigenvalue weighted by Crippen LogP contribution is 2.25. The van der Waals surface area contributed by atoms with Gasteiger partial charge in [0.15, 0.2) is 0 Å². The Bertz CT molecular complexity index is 812. The maximum absolute atomic E-state index is 10.8. The molecule has 7 nitrogen and oxygen atoms in total. The summed E-state index contributed by atoms with van der Waals surface area (Å²) >= 11 is 0. The van der Waals surface area contributed by atoms with Crippen molar-refractivity contribution < 1.29 is 14.2 Å². The molecule has 0 spiro atoms. The van der Waals surface area contributed by atoms with E-state index in [0.717, 1.165) is 11.3 Å². The van der Waals surface area contributed by atoms with Gasteiger partial charge in [-0.3, -0.25) is 10.1 Å². The molecule has 0 aliphatic rings. The van der Waals surface area contributed by atoms with E-state index in [1.54, 1.807) is 43.5 Å². The highest BCUT2D eigenvalue weighted by molar-refractivity contribution is 5.62. The van der Waals surface area contributed by atoms with Crippen molar-refractivity contribution in [3.63, 3.8) is 0 Å². The molecule has 110 valence electrons. The van der Waals surface area contributed by atoms with Gasteiger partial charge >= 0.3 is 0 Å². The molecular weight excluding hydrogens is 286 g/mol. The molecule has 0 fully saturated rings. The summed E-state index contributed by atoms with van der Waals surface area (Å²) in [5.74, 6) is 1.37. The van der Waals surface area contributed by atoms with Gasteiger partial charge in [0, 0.05) is 23.3 Å². The molecule has 2 aromatic carbocycles. The Morgan fingerprint density at radius 2 is 1.91 bits per heavy atom. The average Bonchev–Trinajstić information content (AvgIpc) is 3.05. The van der Waals surface area contributed by atoms with Crippen LogP contribution in [0.5, 0.6) is 5.75 Å². The lowest BCUT2D eigenvalue weighted by molar-refractivity contribution is -0.384. The maximum atomic E-state index is 10.8. The van der Waals surface area contributed by atoms with Crippen LogP contribution in [0.2, 0.25) is 0 Å². The molecule has 0 atom stereocenters. The first kappa shape index (κ1) is 13.7. The summed E-state index contributed by atoms with van der Waals surface area (Å²) in [4.78, 5) is 14.6. The molecule has 0 N–H and O–H groups in total. The smallest absolute Gasteiger partial charge is 0.270 e. The molecule has 0 aliphatic heterocycles. The third-order valence-electron chi connectivity index (χ3n) is 3.08. The van der Waals surface area contributed by atoms with Gasteiger partial charge in [-0.15, -0.1) is 0 Å². The molecule has 0 saturated heterocycles. The zero-order valence-electron chi connectivity index (χ0n) is 11.6. The fourth-order valence-electron chi connectivity index (χ4n) is 1.95. The molecule has 0 saturated carbocycles. The molecular formula is C15H11N3O4. The van der Waals surface area contributed by atoms with Crippen LogP contribution in [-0.4, -0.2) is 22.2 Å². The van der Waals surface area contributed by atoms with Crippen molar-refractivity contribution in [2.75, 3.05) is 7.11 Å². The van der Waals surface area contributed by atoms with E-state index in [9.17, 15) is 10.1 Å². The quantitative estimate of drug-likeness (QED) is 0.542. The molecule has 0 radical (unpaired) electrons. The summed E-state index contributed by atoms with van der Waals surface area (Å²) in [5.41, 5.74) is 1.24. The normalized spacial score (nSPS) is 10.4. The maximum Gasteiger partial charge on any atom is 0.270 e. The van der Waals surface area contributed by atoms with Gasteiger partial charge in [-0.2, -0.15) is 4.98 Å². The molecule has 0 amide bonds. The minimum absolute atomic E-state index is 0.0262. The highest BCUT2D eigenvalue weighted by Gasteiger charge is 2.13. The minimum Gasteiger partial charge on any atom is -0.497 e.